The molecule has 0 spiro atoms. The zero-order valence-electron chi connectivity index (χ0n) is 12.5. The summed E-state index contributed by atoms with van der Waals surface area (Å²) in [6, 6.07) is 6.73. The van der Waals surface area contributed by atoms with Crippen LogP contribution >= 0.6 is 11.3 Å². The summed E-state index contributed by atoms with van der Waals surface area (Å²) in [4.78, 5) is 9.25. The van der Waals surface area contributed by atoms with Crippen LogP contribution in [-0.4, -0.2) is 37.7 Å². The van der Waals surface area contributed by atoms with Crippen molar-refractivity contribution in [2.45, 2.75) is 13.3 Å². The number of aryl methyl sites for hydroxylation is 1. The van der Waals surface area contributed by atoms with Crippen LogP contribution < -0.4 is 15.5 Å². The molecule has 2 aromatic rings. The Morgan fingerprint density at radius 2 is 1.95 bits per heavy atom. The van der Waals surface area contributed by atoms with Gasteiger partial charge in [-0.3, -0.25) is 0 Å². The molecule has 2 heterocycles. The Balaban J connectivity index is 1.66. The Hall–Kier alpha value is -1.59. The van der Waals surface area contributed by atoms with Gasteiger partial charge < -0.3 is 15.5 Å². The van der Waals surface area contributed by atoms with Crippen molar-refractivity contribution < 1.29 is 0 Å². The minimum atomic E-state index is 0.714. The van der Waals surface area contributed by atoms with Gasteiger partial charge in [0.25, 0.3) is 0 Å². The monoisotopic (exact) mass is 302 g/mol. The SMILES string of the molecule is Cc1cc(CCN)ccc1N1CCN(c2nccs2)CC1. The van der Waals surface area contributed by atoms with Gasteiger partial charge >= 0.3 is 0 Å². The molecule has 0 aliphatic carbocycles. The Bertz CT molecular complexity index is 574. The van der Waals surface area contributed by atoms with E-state index in [4.69, 9.17) is 5.73 Å². The lowest BCUT2D eigenvalue weighted by molar-refractivity contribution is 0.651. The molecule has 21 heavy (non-hydrogen) atoms. The van der Waals surface area contributed by atoms with Gasteiger partial charge in [0.2, 0.25) is 0 Å². The predicted molar refractivity (Wildman–Crippen MR) is 90.5 cm³/mol. The van der Waals surface area contributed by atoms with E-state index in [1.54, 1.807) is 11.3 Å². The van der Waals surface area contributed by atoms with Crippen molar-refractivity contribution in [2.24, 2.45) is 5.73 Å². The van der Waals surface area contributed by atoms with Gasteiger partial charge in [0.05, 0.1) is 0 Å². The standard InChI is InChI=1S/C16H22N4S/c1-13-12-14(4-5-17)2-3-15(13)19-7-9-20(10-8-19)16-18-6-11-21-16/h2-3,6,11-12H,4-5,7-10,17H2,1H3. The van der Waals surface area contributed by atoms with E-state index in [1.165, 1.54) is 16.8 Å². The summed E-state index contributed by atoms with van der Waals surface area (Å²) < 4.78 is 0. The first-order valence-corrected chi connectivity index (χ1v) is 8.35. The number of piperazine rings is 1. The second kappa shape index (κ2) is 6.45. The van der Waals surface area contributed by atoms with Gasteiger partial charge in [-0.25, -0.2) is 4.98 Å². The number of thiazole rings is 1. The summed E-state index contributed by atoms with van der Waals surface area (Å²) in [6.45, 7) is 7.09. The highest BCUT2D eigenvalue weighted by atomic mass is 32.1. The molecule has 0 bridgehead atoms. The van der Waals surface area contributed by atoms with Crippen molar-refractivity contribution in [1.82, 2.24) is 4.98 Å². The van der Waals surface area contributed by atoms with E-state index in [9.17, 15) is 0 Å². The van der Waals surface area contributed by atoms with Gasteiger partial charge in [0, 0.05) is 43.4 Å². The molecule has 1 aliphatic rings. The fourth-order valence-electron chi connectivity index (χ4n) is 2.91. The largest absolute Gasteiger partial charge is 0.368 e. The summed E-state index contributed by atoms with van der Waals surface area (Å²) >= 11 is 1.72. The van der Waals surface area contributed by atoms with Crippen molar-refractivity contribution in [3.63, 3.8) is 0 Å². The third kappa shape index (κ3) is 3.19. The highest BCUT2D eigenvalue weighted by molar-refractivity contribution is 7.13. The van der Waals surface area contributed by atoms with Gasteiger partial charge in [0.15, 0.2) is 5.13 Å². The van der Waals surface area contributed by atoms with Gasteiger partial charge in [-0.2, -0.15) is 0 Å². The highest BCUT2D eigenvalue weighted by Gasteiger charge is 2.19. The first-order valence-electron chi connectivity index (χ1n) is 7.47. The molecule has 112 valence electrons. The fraction of sp³-hybridized carbons (Fsp3) is 0.438. The smallest absolute Gasteiger partial charge is 0.185 e. The lowest BCUT2D eigenvalue weighted by atomic mass is 10.1. The summed E-state index contributed by atoms with van der Waals surface area (Å²) in [6.07, 6.45) is 2.84. The molecule has 1 fully saturated rings. The molecular weight excluding hydrogens is 280 g/mol. The lowest BCUT2D eigenvalue weighted by Crippen LogP contribution is -2.46. The Morgan fingerprint density at radius 3 is 2.57 bits per heavy atom. The number of hydrogen-bond donors (Lipinski definition) is 1. The molecule has 0 atom stereocenters. The van der Waals surface area contributed by atoms with Crippen LogP contribution in [0.4, 0.5) is 10.8 Å². The molecule has 1 saturated heterocycles. The molecule has 0 saturated carbocycles. The molecule has 4 nitrogen and oxygen atoms in total. The van der Waals surface area contributed by atoms with Crippen LogP contribution in [0.1, 0.15) is 11.1 Å². The first kappa shape index (κ1) is 14.4. The van der Waals surface area contributed by atoms with Crippen molar-refractivity contribution in [1.29, 1.82) is 0 Å². The summed E-state index contributed by atoms with van der Waals surface area (Å²) in [7, 11) is 0. The molecule has 5 heteroatoms. The number of nitrogens with zero attached hydrogens (tertiary/aromatic N) is 3. The average molecular weight is 302 g/mol. The quantitative estimate of drug-likeness (QED) is 0.941. The average Bonchev–Trinajstić information content (AvgIpc) is 3.02. The van der Waals surface area contributed by atoms with Gasteiger partial charge in [0.1, 0.15) is 0 Å². The maximum absolute atomic E-state index is 5.63. The molecule has 1 aliphatic heterocycles. The maximum Gasteiger partial charge on any atom is 0.185 e. The highest BCUT2D eigenvalue weighted by Crippen LogP contribution is 2.25. The number of nitrogens with two attached hydrogens (primary N) is 1. The number of rotatable bonds is 4. The van der Waals surface area contributed by atoms with Crippen LogP contribution in [0.15, 0.2) is 29.8 Å². The minimum Gasteiger partial charge on any atom is -0.368 e. The van der Waals surface area contributed by atoms with Crippen LogP contribution in [0.5, 0.6) is 0 Å². The molecule has 0 radical (unpaired) electrons. The second-order valence-electron chi connectivity index (χ2n) is 5.45. The van der Waals surface area contributed by atoms with E-state index >= 15 is 0 Å². The van der Waals surface area contributed by atoms with Gasteiger partial charge in [-0.15, -0.1) is 11.3 Å². The van der Waals surface area contributed by atoms with E-state index in [2.05, 4.69) is 39.9 Å². The molecule has 2 N–H and O–H groups in total. The Labute approximate surface area is 130 Å². The topological polar surface area (TPSA) is 45.4 Å². The van der Waals surface area contributed by atoms with E-state index in [-0.39, 0.29) is 0 Å². The molecule has 3 rings (SSSR count). The van der Waals surface area contributed by atoms with Gasteiger partial charge in [-0.1, -0.05) is 12.1 Å². The first-order chi connectivity index (χ1) is 10.3. The maximum atomic E-state index is 5.63. The molecule has 1 aromatic heterocycles. The second-order valence-corrected chi connectivity index (χ2v) is 6.32. The Morgan fingerprint density at radius 1 is 1.19 bits per heavy atom. The van der Waals surface area contributed by atoms with E-state index in [1.807, 2.05) is 11.6 Å². The van der Waals surface area contributed by atoms with Crippen molar-refractivity contribution in [3.8, 4) is 0 Å². The summed E-state index contributed by atoms with van der Waals surface area (Å²) in [5.41, 5.74) is 9.67. The zero-order chi connectivity index (χ0) is 14.7. The third-order valence-corrected chi connectivity index (χ3v) is 4.84. The van der Waals surface area contributed by atoms with Gasteiger partial charge in [-0.05, 0) is 37.1 Å². The van der Waals surface area contributed by atoms with Crippen LogP contribution in [0.25, 0.3) is 0 Å². The van der Waals surface area contributed by atoms with Crippen molar-refractivity contribution in [2.75, 3.05) is 42.5 Å². The van der Waals surface area contributed by atoms with Crippen LogP contribution in [0.2, 0.25) is 0 Å². The normalized spacial score (nSPS) is 15.5. The number of anilines is 2. The molecular formula is C16H22N4S. The minimum absolute atomic E-state index is 0.714. The van der Waals surface area contributed by atoms with Crippen LogP contribution in [-0.2, 0) is 6.42 Å². The van der Waals surface area contributed by atoms with E-state index < -0.39 is 0 Å². The van der Waals surface area contributed by atoms with Crippen molar-refractivity contribution >= 4 is 22.2 Å². The zero-order valence-corrected chi connectivity index (χ0v) is 13.3. The lowest BCUT2D eigenvalue weighted by Gasteiger charge is -2.36. The molecule has 0 amide bonds. The van der Waals surface area contributed by atoms with E-state index in [0.29, 0.717) is 6.54 Å². The summed E-state index contributed by atoms with van der Waals surface area (Å²) in [5, 5.41) is 3.19. The van der Waals surface area contributed by atoms with Crippen LogP contribution in [0.3, 0.4) is 0 Å². The van der Waals surface area contributed by atoms with Crippen LogP contribution in [0, 0.1) is 6.92 Å². The molecule has 1 aromatic carbocycles. The number of benzene rings is 1. The number of hydrogen-bond acceptors (Lipinski definition) is 5. The molecule has 0 unspecified atom stereocenters. The summed E-state index contributed by atoms with van der Waals surface area (Å²) in [5.74, 6) is 0. The van der Waals surface area contributed by atoms with Crippen molar-refractivity contribution in [3.05, 3.63) is 40.9 Å². The number of aromatic nitrogens is 1. The third-order valence-electron chi connectivity index (χ3n) is 4.00. The Kier molecular flexibility index (Phi) is 4.41. The fourth-order valence-corrected chi connectivity index (χ4v) is 3.60. The predicted octanol–water partition coefficient (Wildman–Crippen LogP) is 2.28. The van der Waals surface area contributed by atoms with E-state index in [0.717, 1.165) is 37.7 Å².